The van der Waals surface area contributed by atoms with Gasteiger partial charge in [-0.3, -0.25) is 0 Å². The van der Waals surface area contributed by atoms with Gasteiger partial charge in [-0.05, 0) is 53.6 Å². The summed E-state index contributed by atoms with van der Waals surface area (Å²) in [6.07, 6.45) is 4.92. The topological polar surface area (TPSA) is 42.1 Å². The van der Waals surface area contributed by atoms with Crippen LogP contribution in [0.3, 0.4) is 0 Å². The van der Waals surface area contributed by atoms with E-state index in [1.165, 1.54) is 0 Å². The normalized spacial score (nSPS) is 8.14. The summed E-state index contributed by atoms with van der Waals surface area (Å²) in [5.74, 6) is 16.5. The Bertz CT molecular complexity index is 860. The Morgan fingerprint density at radius 3 is 2.71 bits per heavy atom. The Kier molecular flexibility index (Phi) is 4.73. The number of benzene rings is 1. The van der Waals surface area contributed by atoms with Gasteiger partial charge in [0.25, 0.3) is 0 Å². The number of esters is 1. The third-order valence-corrected chi connectivity index (χ3v) is 2.44. The number of aromatic nitrogens is 1. The van der Waals surface area contributed by atoms with E-state index in [0.29, 0.717) is 5.69 Å². The van der Waals surface area contributed by atoms with Crippen LogP contribution in [0.15, 0.2) is 30.3 Å². The second kappa shape index (κ2) is 7.16. The number of carbonyl (C=O) groups is 1. The average molecular weight is 271 g/mol. The molecule has 0 saturated carbocycles. The first-order chi connectivity index (χ1) is 10.3. The zero-order valence-electron chi connectivity index (χ0n) is 11.0. The third-order valence-electron chi connectivity index (χ3n) is 2.44. The SMILES string of the molecule is C#CC#CC#CC#CCOC(=O)c1cc2ccccc2[nH]1. The third kappa shape index (κ3) is 3.97. The highest BCUT2D eigenvalue weighted by atomic mass is 16.5. The van der Waals surface area contributed by atoms with Gasteiger partial charge in [-0.2, -0.15) is 0 Å². The van der Waals surface area contributed by atoms with Gasteiger partial charge in [0.05, 0.1) is 0 Å². The van der Waals surface area contributed by atoms with Crippen molar-refractivity contribution in [2.24, 2.45) is 0 Å². The highest BCUT2D eigenvalue weighted by molar-refractivity contribution is 5.94. The van der Waals surface area contributed by atoms with Crippen molar-refractivity contribution in [1.29, 1.82) is 0 Å². The predicted molar refractivity (Wildman–Crippen MR) is 80.7 cm³/mol. The standard InChI is InChI=1S/C18H9NO2/c1-2-3-4-5-6-7-10-13-21-18(20)17-14-15-11-8-9-12-16(15)19-17/h1,8-9,11-12,14,19H,13H2. The molecule has 2 rings (SSSR count). The van der Waals surface area contributed by atoms with Crippen LogP contribution in [0, 0.1) is 47.9 Å². The van der Waals surface area contributed by atoms with Crippen molar-refractivity contribution in [3.05, 3.63) is 36.0 Å². The van der Waals surface area contributed by atoms with Crippen molar-refractivity contribution in [2.45, 2.75) is 0 Å². The van der Waals surface area contributed by atoms with Crippen LogP contribution in [0.4, 0.5) is 0 Å². The summed E-state index contributed by atoms with van der Waals surface area (Å²) in [6, 6.07) is 9.33. The van der Waals surface area contributed by atoms with E-state index in [1.807, 2.05) is 24.3 Å². The highest BCUT2D eigenvalue weighted by Gasteiger charge is 2.09. The van der Waals surface area contributed by atoms with Crippen LogP contribution >= 0.6 is 0 Å². The number of hydrogen-bond acceptors (Lipinski definition) is 2. The molecule has 2 aromatic rings. The maximum atomic E-state index is 11.8. The molecule has 0 aliphatic rings. The number of fused-ring (bicyclic) bond motifs is 1. The van der Waals surface area contributed by atoms with Gasteiger partial charge < -0.3 is 9.72 Å². The van der Waals surface area contributed by atoms with E-state index in [-0.39, 0.29) is 6.61 Å². The van der Waals surface area contributed by atoms with E-state index in [2.05, 4.69) is 46.4 Å². The van der Waals surface area contributed by atoms with E-state index in [0.717, 1.165) is 10.9 Å². The molecule has 3 nitrogen and oxygen atoms in total. The smallest absolute Gasteiger partial charge is 0.355 e. The van der Waals surface area contributed by atoms with Gasteiger partial charge in [0.15, 0.2) is 6.61 Å². The van der Waals surface area contributed by atoms with Crippen molar-refractivity contribution in [1.82, 2.24) is 4.98 Å². The summed E-state index contributed by atoms with van der Waals surface area (Å²) >= 11 is 0. The fraction of sp³-hybridized carbons (Fsp3) is 0.0556. The van der Waals surface area contributed by atoms with E-state index in [4.69, 9.17) is 11.2 Å². The lowest BCUT2D eigenvalue weighted by Crippen LogP contribution is -2.05. The molecule has 0 atom stereocenters. The molecule has 0 saturated heterocycles. The lowest BCUT2D eigenvalue weighted by molar-refractivity contribution is 0.0551. The summed E-state index contributed by atoms with van der Waals surface area (Å²) in [5.41, 5.74) is 1.28. The summed E-state index contributed by atoms with van der Waals surface area (Å²) in [7, 11) is 0. The fourth-order valence-electron chi connectivity index (χ4n) is 1.57. The molecule has 1 aromatic carbocycles. The van der Waals surface area contributed by atoms with Crippen LogP contribution in [0.2, 0.25) is 0 Å². The van der Waals surface area contributed by atoms with Crippen LogP contribution in [-0.2, 0) is 4.74 Å². The summed E-state index contributed by atoms with van der Waals surface area (Å²) in [6.45, 7) is -0.0363. The van der Waals surface area contributed by atoms with Gasteiger partial charge >= 0.3 is 5.97 Å². The first kappa shape index (κ1) is 13.9. The summed E-state index contributed by atoms with van der Waals surface area (Å²) in [5, 5.41) is 0.952. The second-order valence-electron chi connectivity index (χ2n) is 3.79. The molecule has 21 heavy (non-hydrogen) atoms. The average Bonchev–Trinajstić information content (AvgIpc) is 2.94. The molecule has 0 aliphatic carbocycles. The summed E-state index contributed by atoms with van der Waals surface area (Å²) < 4.78 is 5.01. The van der Waals surface area contributed by atoms with Crippen LogP contribution in [-0.4, -0.2) is 17.6 Å². The fourth-order valence-corrected chi connectivity index (χ4v) is 1.57. The number of H-pyrrole nitrogens is 1. The van der Waals surface area contributed by atoms with Crippen LogP contribution < -0.4 is 0 Å². The first-order valence-electron chi connectivity index (χ1n) is 5.99. The maximum Gasteiger partial charge on any atom is 0.355 e. The Hall–Kier alpha value is -3.53. The second-order valence-corrected chi connectivity index (χ2v) is 3.79. The number of aromatic amines is 1. The maximum absolute atomic E-state index is 11.8. The number of terminal acetylenes is 1. The Morgan fingerprint density at radius 1 is 1.14 bits per heavy atom. The zero-order chi connectivity index (χ0) is 14.9. The lowest BCUT2D eigenvalue weighted by Gasteiger charge is -1.96. The lowest BCUT2D eigenvalue weighted by atomic mass is 10.2. The quantitative estimate of drug-likeness (QED) is 0.670. The van der Waals surface area contributed by atoms with Gasteiger partial charge in [0.2, 0.25) is 0 Å². The van der Waals surface area contributed by atoms with Crippen molar-refractivity contribution in [3.8, 4) is 47.9 Å². The predicted octanol–water partition coefficient (Wildman–Crippen LogP) is 1.97. The minimum atomic E-state index is -0.458. The van der Waals surface area contributed by atoms with E-state index in [9.17, 15) is 4.79 Å². The number of hydrogen-bond donors (Lipinski definition) is 1. The van der Waals surface area contributed by atoms with Gasteiger partial charge in [-0.15, -0.1) is 6.42 Å². The van der Waals surface area contributed by atoms with Crippen LogP contribution in [0.25, 0.3) is 10.9 Å². The molecule has 0 amide bonds. The van der Waals surface area contributed by atoms with Gasteiger partial charge in [-0.25, -0.2) is 4.79 Å². The molecule has 1 heterocycles. The number of nitrogens with one attached hydrogen (secondary N) is 1. The zero-order valence-corrected chi connectivity index (χ0v) is 11.0. The van der Waals surface area contributed by atoms with Crippen LogP contribution in [0.1, 0.15) is 10.5 Å². The summed E-state index contributed by atoms with van der Waals surface area (Å²) in [4.78, 5) is 14.8. The number of carbonyl (C=O) groups excluding carboxylic acids is 1. The molecule has 0 bridgehead atoms. The molecule has 98 valence electrons. The molecule has 0 aliphatic heterocycles. The monoisotopic (exact) mass is 271 g/mol. The minimum Gasteiger partial charge on any atom is -0.448 e. The van der Waals surface area contributed by atoms with Crippen molar-refractivity contribution in [3.63, 3.8) is 0 Å². The first-order valence-corrected chi connectivity index (χ1v) is 5.99. The number of ether oxygens (including phenoxy) is 1. The highest BCUT2D eigenvalue weighted by Crippen LogP contribution is 2.14. The van der Waals surface area contributed by atoms with Gasteiger partial charge in [-0.1, -0.05) is 18.2 Å². The van der Waals surface area contributed by atoms with Crippen molar-refractivity contribution >= 4 is 16.9 Å². The van der Waals surface area contributed by atoms with Gasteiger partial charge in [0, 0.05) is 10.9 Å². The van der Waals surface area contributed by atoms with Crippen molar-refractivity contribution in [2.75, 3.05) is 6.61 Å². The van der Waals surface area contributed by atoms with Crippen LogP contribution in [0.5, 0.6) is 0 Å². The molecular weight excluding hydrogens is 262 g/mol. The molecule has 3 heteroatoms. The molecule has 0 radical (unpaired) electrons. The molecule has 0 spiro atoms. The van der Waals surface area contributed by atoms with E-state index < -0.39 is 5.97 Å². The van der Waals surface area contributed by atoms with Crippen molar-refractivity contribution < 1.29 is 9.53 Å². The molecule has 0 fully saturated rings. The van der Waals surface area contributed by atoms with E-state index in [1.54, 1.807) is 6.07 Å². The number of para-hydroxylation sites is 1. The number of rotatable bonds is 2. The Balaban J connectivity index is 1.92. The molecular formula is C18H9NO2. The molecule has 0 unspecified atom stereocenters. The Labute approximate surface area is 122 Å². The Morgan fingerprint density at radius 2 is 1.90 bits per heavy atom. The van der Waals surface area contributed by atoms with Gasteiger partial charge in [0.1, 0.15) is 5.69 Å². The minimum absolute atomic E-state index is 0.0363. The molecule has 1 aromatic heterocycles. The molecule has 1 N–H and O–H groups in total. The largest absolute Gasteiger partial charge is 0.448 e. The van der Waals surface area contributed by atoms with E-state index >= 15 is 0 Å².